The minimum absolute atomic E-state index is 0.984. The maximum Gasteiger partial charge on any atom is 0.125 e. The van der Waals surface area contributed by atoms with E-state index in [9.17, 15) is 0 Å². The first-order valence-electron chi connectivity index (χ1n) is 4.35. The Morgan fingerprint density at radius 2 is 2.29 bits per heavy atom. The van der Waals surface area contributed by atoms with Crippen LogP contribution >= 0.6 is 27.3 Å². The lowest BCUT2D eigenvalue weighted by Crippen LogP contribution is -1.81. The van der Waals surface area contributed by atoms with E-state index in [1.807, 2.05) is 12.3 Å². The van der Waals surface area contributed by atoms with E-state index in [2.05, 4.69) is 38.2 Å². The predicted molar refractivity (Wildman–Crippen MR) is 62.4 cm³/mol. The molecule has 0 aliphatic rings. The van der Waals surface area contributed by atoms with Gasteiger partial charge in [-0.1, -0.05) is 6.92 Å². The molecule has 2 nitrogen and oxygen atoms in total. The van der Waals surface area contributed by atoms with Crippen LogP contribution in [0.3, 0.4) is 0 Å². The van der Waals surface area contributed by atoms with Crippen molar-refractivity contribution in [2.45, 2.75) is 13.3 Å². The zero-order chi connectivity index (χ0) is 9.97. The molecule has 0 amide bonds. The summed E-state index contributed by atoms with van der Waals surface area (Å²) in [5.74, 6) is 0. The highest BCUT2D eigenvalue weighted by Crippen LogP contribution is 2.25. The molecular weight excluding hydrogens is 260 g/mol. The minimum Gasteiger partial charge on any atom is -0.263 e. The number of hydrogen-bond acceptors (Lipinski definition) is 3. The lowest BCUT2D eigenvalue weighted by molar-refractivity contribution is 1.06. The Morgan fingerprint density at radius 1 is 1.43 bits per heavy atom. The van der Waals surface area contributed by atoms with E-state index in [1.165, 1.54) is 0 Å². The molecule has 0 saturated carbocycles. The maximum atomic E-state index is 4.50. The number of nitrogens with zero attached hydrogens (tertiary/aromatic N) is 2. The molecule has 14 heavy (non-hydrogen) atoms. The molecule has 0 radical (unpaired) electrons. The van der Waals surface area contributed by atoms with Gasteiger partial charge in [0.2, 0.25) is 0 Å². The summed E-state index contributed by atoms with van der Waals surface area (Å²) < 4.78 is 0.989. The molecule has 0 aromatic carbocycles. The van der Waals surface area contributed by atoms with E-state index in [1.54, 1.807) is 17.5 Å². The number of aromatic nitrogens is 2. The van der Waals surface area contributed by atoms with E-state index < -0.39 is 0 Å². The van der Waals surface area contributed by atoms with Gasteiger partial charge in [0.05, 0.1) is 5.69 Å². The fourth-order valence-corrected chi connectivity index (χ4v) is 2.38. The third-order valence-electron chi connectivity index (χ3n) is 1.87. The molecule has 2 aromatic rings. The Kier molecular flexibility index (Phi) is 2.93. The Labute approximate surface area is 95.2 Å². The van der Waals surface area contributed by atoms with E-state index in [0.29, 0.717) is 0 Å². The average molecular weight is 269 g/mol. The summed E-state index contributed by atoms with van der Waals surface area (Å²) >= 11 is 5.06. The molecule has 2 heterocycles. The molecule has 0 bridgehead atoms. The van der Waals surface area contributed by atoms with Crippen molar-refractivity contribution < 1.29 is 0 Å². The second kappa shape index (κ2) is 4.19. The molecule has 4 heteroatoms. The summed E-state index contributed by atoms with van der Waals surface area (Å²) in [6.45, 7) is 2.11. The van der Waals surface area contributed by atoms with E-state index in [-0.39, 0.29) is 0 Å². The van der Waals surface area contributed by atoms with Crippen LogP contribution in [-0.4, -0.2) is 9.97 Å². The molecule has 0 atom stereocenters. The molecule has 72 valence electrons. The summed E-state index contributed by atoms with van der Waals surface area (Å²) in [5.41, 5.74) is 2.22. The van der Waals surface area contributed by atoms with Crippen LogP contribution in [0.5, 0.6) is 0 Å². The lowest BCUT2D eigenvalue weighted by atomic mass is 10.3. The monoisotopic (exact) mass is 268 g/mol. The predicted octanol–water partition coefficient (Wildman–Crippen LogP) is 3.53. The fourth-order valence-electron chi connectivity index (χ4n) is 1.13. The van der Waals surface area contributed by atoms with Crippen molar-refractivity contribution in [1.29, 1.82) is 0 Å². The quantitative estimate of drug-likeness (QED) is 0.833. The number of halogens is 1. The summed E-state index contributed by atoms with van der Waals surface area (Å²) in [6, 6.07) is 2.03. The van der Waals surface area contributed by atoms with Crippen LogP contribution in [0, 0.1) is 0 Å². The van der Waals surface area contributed by atoms with Gasteiger partial charge in [-0.25, -0.2) is 4.98 Å². The molecule has 0 spiro atoms. The lowest BCUT2D eigenvalue weighted by Gasteiger charge is -1.95. The first kappa shape index (κ1) is 9.80. The van der Waals surface area contributed by atoms with Crippen LogP contribution in [0.25, 0.3) is 10.6 Å². The van der Waals surface area contributed by atoms with Crippen molar-refractivity contribution in [3.8, 4) is 10.6 Å². The Hall–Kier alpha value is -0.740. The zero-order valence-corrected chi connectivity index (χ0v) is 10.1. The zero-order valence-electron chi connectivity index (χ0n) is 7.70. The summed E-state index contributed by atoms with van der Waals surface area (Å²) in [6.07, 6.45) is 4.60. The van der Waals surface area contributed by atoms with Gasteiger partial charge in [-0.05, 0) is 28.4 Å². The molecule has 2 aromatic heterocycles. The number of aryl methyl sites for hydroxylation is 1. The summed E-state index contributed by atoms with van der Waals surface area (Å²) in [7, 11) is 0. The van der Waals surface area contributed by atoms with Gasteiger partial charge in [-0.15, -0.1) is 11.3 Å². The highest BCUT2D eigenvalue weighted by Gasteiger charge is 2.03. The largest absolute Gasteiger partial charge is 0.263 e. The molecule has 0 fully saturated rings. The van der Waals surface area contributed by atoms with Crippen LogP contribution in [0.4, 0.5) is 0 Å². The minimum atomic E-state index is 0.984. The first-order valence-corrected chi connectivity index (χ1v) is 6.02. The fraction of sp³-hybridized carbons (Fsp3) is 0.200. The van der Waals surface area contributed by atoms with Gasteiger partial charge >= 0.3 is 0 Å². The highest BCUT2D eigenvalue weighted by atomic mass is 79.9. The molecule has 0 aliphatic heterocycles. The topological polar surface area (TPSA) is 25.8 Å². The standard InChI is InChI=1S/C10H9BrN2S/c1-2-9-6-14-10(13-9)7-3-8(11)5-12-4-7/h3-6H,2H2,1H3. The second-order valence-electron chi connectivity index (χ2n) is 2.89. The van der Waals surface area contributed by atoms with Crippen molar-refractivity contribution in [3.05, 3.63) is 34.0 Å². The van der Waals surface area contributed by atoms with Gasteiger partial charge in [0.1, 0.15) is 5.01 Å². The maximum absolute atomic E-state index is 4.50. The summed E-state index contributed by atoms with van der Waals surface area (Å²) in [4.78, 5) is 8.61. The number of rotatable bonds is 2. The van der Waals surface area contributed by atoms with Gasteiger partial charge < -0.3 is 0 Å². The number of thiazole rings is 1. The number of pyridine rings is 1. The second-order valence-corrected chi connectivity index (χ2v) is 4.66. The van der Waals surface area contributed by atoms with Gasteiger partial charge in [-0.2, -0.15) is 0 Å². The Bertz CT molecular complexity index is 439. The van der Waals surface area contributed by atoms with Crippen molar-refractivity contribution in [2.75, 3.05) is 0 Å². The molecule has 0 unspecified atom stereocenters. The smallest absolute Gasteiger partial charge is 0.125 e. The third-order valence-corrected chi connectivity index (χ3v) is 3.24. The van der Waals surface area contributed by atoms with Crippen molar-refractivity contribution in [1.82, 2.24) is 9.97 Å². The molecule has 0 saturated heterocycles. The van der Waals surface area contributed by atoms with Gasteiger partial charge in [0.25, 0.3) is 0 Å². The van der Waals surface area contributed by atoms with E-state index in [0.717, 1.165) is 27.2 Å². The van der Waals surface area contributed by atoms with Crippen LogP contribution in [0.15, 0.2) is 28.3 Å². The van der Waals surface area contributed by atoms with Crippen molar-refractivity contribution in [2.24, 2.45) is 0 Å². The van der Waals surface area contributed by atoms with E-state index in [4.69, 9.17) is 0 Å². The third kappa shape index (κ3) is 2.01. The SMILES string of the molecule is CCc1csc(-c2cncc(Br)c2)n1. The van der Waals surface area contributed by atoms with Crippen molar-refractivity contribution >= 4 is 27.3 Å². The van der Waals surface area contributed by atoms with Crippen LogP contribution in [0.2, 0.25) is 0 Å². The molecule has 2 rings (SSSR count). The molecule has 0 N–H and O–H groups in total. The van der Waals surface area contributed by atoms with Gasteiger partial charge in [0.15, 0.2) is 0 Å². The van der Waals surface area contributed by atoms with Crippen LogP contribution < -0.4 is 0 Å². The average Bonchev–Trinajstić information content (AvgIpc) is 2.66. The number of hydrogen-bond donors (Lipinski definition) is 0. The van der Waals surface area contributed by atoms with Crippen LogP contribution in [-0.2, 0) is 6.42 Å². The summed E-state index contributed by atoms with van der Waals surface area (Å²) in [5, 5.41) is 3.13. The highest BCUT2D eigenvalue weighted by molar-refractivity contribution is 9.10. The Morgan fingerprint density at radius 3 is 2.93 bits per heavy atom. The first-order chi connectivity index (χ1) is 6.79. The van der Waals surface area contributed by atoms with E-state index >= 15 is 0 Å². The van der Waals surface area contributed by atoms with Gasteiger partial charge in [-0.3, -0.25) is 4.98 Å². The van der Waals surface area contributed by atoms with Crippen LogP contribution in [0.1, 0.15) is 12.6 Å². The van der Waals surface area contributed by atoms with Crippen molar-refractivity contribution in [3.63, 3.8) is 0 Å². The normalized spacial score (nSPS) is 10.4. The Balaban J connectivity index is 2.39. The molecule has 0 aliphatic carbocycles. The molecular formula is C10H9BrN2S. The van der Waals surface area contributed by atoms with Gasteiger partial charge in [0, 0.05) is 27.8 Å².